The molecule has 34 heavy (non-hydrogen) atoms. The molecular formula is C26H27N3O4S. The molecule has 2 aromatic carbocycles. The maximum atomic E-state index is 13.3. The number of ether oxygens (including phenoxy) is 1. The predicted molar refractivity (Wildman–Crippen MR) is 132 cm³/mol. The molecular weight excluding hydrogens is 450 g/mol. The van der Waals surface area contributed by atoms with Gasteiger partial charge in [0.2, 0.25) is 5.91 Å². The topological polar surface area (TPSA) is 79.8 Å². The molecule has 2 atom stereocenters. The largest absolute Gasteiger partial charge is 0.466 e. The fourth-order valence-corrected chi connectivity index (χ4v) is 5.89. The minimum Gasteiger partial charge on any atom is -0.466 e. The Morgan fingerprint density at radius 1 is 1.18 bits per heavy atom. The van der Waals surface area contributed by atoms with Gasteiger partial charge in [0.25, 0.3) is 5.91 Å². The molecule has 1 aromatic heterocycles. The molecule has 5 rings (SSSR count). The molecule has 0 radical (unpaired) electrons. The van der Waals surface area contributed by atoms with E-state index >= 15 is 0 Å². The van der Waals surface area contributed by atoms with Gasteiger partial charge in [-0.15, -0.1) is 11.3 Å². The van der Waals surface area contributed by atoms with Crippen molar-refractivity contribution in [3.8, 4) is 10.6 Å². The van der Waals surface area contributed by atoms with E-state index in [1.54, 1.807) is 18.3 Å². The molecule has 0 aliphatic carbocycles. The number of amides is 2. The van der Waals surface area contributed by atoms with Crippen LogP contribution in [-0.4, -0.2) is 53.4 Å². The Kier molecular flexibility index (Phi) is 6.18. The number of hydrogen-bond donors (Lipinski definition) is 0. The van der Waals surface area contributed by atoms with Gasteiger partial charge in [-0.2, -0.15) is 0 Å². The highest BCUT2D eigenvalue weighted by Crippen LogP contribution is 2.33. The Bertz CT molecular complexity index is 1250. The molecule has 8 heteroatoms. The predicted octanol–water partition coefficient (Wildman–Crippen LogP) is 4.18. The van der Waals surface area contributed by atoms with Crippen molar-refractivity contribution in [1.29, 1.82) is 0 Å². The second kappa shape index (κ2) is 9.27. The molecule has 176 valence electrons. The molecule has 2 amide bonds. The summed E-state index contributed by atoms with van der Waals surface area (Å²) in [6.45, 7) is 5.34. The fourth-order valence-electron chi connectivity index (χ4n) is 4.82. The average Bonchev–Trinajstić information content (AvgIpc) is 3.39. The van der Waals surface area contributed by atoms with Gasteiger partial charge in [-0.25, -0.2) is 9.88 Å². The van der Waals surface area contributed by atoms with Crippen molar-refractivity contribution in [1.82, 2.24) is 9.88 Å². The maximum Gasteiger partial charge on any atom is 0.310 e. The van der Waals surface area contributed by atoms with Crippen LogP contribution in [0, 0.1) is 12.8 Å². The van der Waals surface area contributed by atoms with Crippen molar-refractivity contribution < 1.29 is 19.1 Å². The number of esters is 1. The van der Waals surface area contributed by atoms with Crippen LogP contribution in [0.2, 0.25) is 0 Å². The number of carbonyl (C=O) groups is 3. The zero-order valence-corrected chi connectivity index (χ0v) is 20.1. The van der Waals surface area contributed by atoms with E-state index in [0.717, 1.165) is 33.6 Å². The SMILES string of the molecule is CCOC(=O)[C@H]1CCCN([C@H]2CC(=O)N(c3ccc(-c4nc5ccc(C)cc5s4)cc3)C2=O)C1. The summed E-state index contributed by atoms with van der Waals surface area (Å²) < 4.78 is 6.31. The third-order valence-electron chi connectivity index (χ3n) is 6.55. The van der Waals surface area contributed by atoms with Crippen molar-refractivity contribution >= 4 is 45.0 Å². The molecule has 3 aromatic rings. The first-order valence-corrected chi connectivity index (χ1v) is 12.5. The van der Waals surface area contributed by atoms with Gasteiger partial charge in [0.1, 0.15) is 5.01 Å². The number of aryl methyl sites for hydroxylation is 1. The second-order valence-corrected chi connectivity index (χ2v) is 9.94. The summed E-state index contributed by atoms with van der Waals surface area (Å²) in [6, 6.07) is 13.1. The van der Waals surface area contributed by atoms with Crippen LogP contribution >= 0.6 is 11.3 Å². The highest BCUT2D eigenvalue weighted by molar-refractivity contribution is 7.21. The normalized spacial score (nSPS) is 21.4. The number of carbonyl (C=O) groups excluding carboxylic acids is 3. The van der Waals surface area contributed by atoms with Crippen molar-refractivity contribution in [2.75, 3.05) is 24.6 Å². The number of benzene rings is 2. The Labute approximate surface area is 202 Å². The lowest BCUT2D eigenvalue weighted by Crippen LogP contribution is -2.48. The van der Waals surface area contributed by atoms with E-state index in [-0.39, 0.29) is 30.1 Å². The van der Waals surface area contributed by atoms with E-state index in [1.165, 1.54) is 10.5 Å². The van der Waals surface area contributed by atoms with E-state index in [1.807, 2.05) is 41.3 Å². The first kappa shape index (κ1) is 22.7. The maximum absolute atomic E-state index is 13.3. The average molecular weight is 478 g/mol. The molecule has 0 unspecified atom stereocenters. The Balaban J connectivity index is 1.32. The third kappa shape index (κ3) is 4.23. The molecule has 2 aliphatic heterocycles. The van der Waals surface area contributed by atoms with Crippen LogP contribution in [0.3, 0.4) is 0 Å². The zero-order chi connectivity index (χ0) is 23.8. The minimum atomic E-state index is -0.531. The fraction of sp³-hybridized carbons (Fsp3) is 0.385. The van der Waals surface area contributed by atoms with Crippen LogP contribution in [0.25, 0.3) is 20.8 Å². The van der Waals surface area contributed by atoms with Crippen LogP contribution in [0.15, 0.2) is 42.5 Å². The standard InChI is InChI=1S/C26H27N3O4S/c1-3-33-26(32)18-5-4-12-28(15-18)21-14-23(30)29(25(21)31)19-9-7-17(8-10-19)24-27-20-11-6-16(2)13-22(20)34-24/h6-11,13,18,21H,3-5,12,14-15H2,1-2H3/t18-,21-/m0/s1. The van der Waals surface area contributed by atoms with Crippen molar-refractivity contribution in [3.63, 3.8) is 0 Å². The molecule has 2 saturated heterocycles. The van der Waals surface area contributed by atoms with Crippen LogP contribution in [0.1, 0.15) is 31.7 Å². The van der Waals surface area contributed by atoms with Crippen molar-refractivity contribution in [3.05, 3.63) is 48.0 Å². The van der Waals surface area contributed by atoms with Gasteiger partial charge >= 0.3 is 5.97 Å². The summed E-state index contributed by atoms with van der Waals surface area (Å²) in [6.07, 6.45) is 1.69. The van der Waals surface area contributed by atoms with Crippen LogP contribution in [0.5, 0.6) is 0 Å². The number of fused-ring (bicyclic) bond motifs is 1. The second-order valence-electron chi connectivity index (χ2n) is 8.91. The molecule has 2 aliphatic rings. The van der Waals surface area contributed by atoms with Gasteiger partial charge in [0, 0.05) is 12.1 Å². The highest BCUT2D eigenvalue weighted by Gasteiger charge is 2.44. The van der Waals surface area contributed by atoms with Crippen molar-refractivity contribution in [2.45, 2.75) is 39.2 Å². The van der Waals surface area contributed by atoms with Gasteiger partial charge in [0.15, 0.2) is 0 Å². The van der Waals surface area contributed by atoms with Gasteiger partial charge in [-0.1, -0.05) is 6.07 Å². The quantitative estimate of drug-likeness (QED) is 0.405. The number of nitrogens with zero attached hydrogens (tertiary/aromatic N) is 3. The van der Waals surface area contributed by atoms with Crippen LogP contribution in [-0.2, 0) is 19.1 Å². The Hall–Kier alpha value is -3.10. The highest BCUT2D eigenvalue weighted by atomic mass is 32.1. The number of anilines is 1. The lowest BCUT2D eigenvalue weighted by atomic mass is 9.96. The lowest BCUT2D eigenvalue weighted by Gasteiger charge is -2.34. The van der Waals surface area contributed by atoms with Crippen molar-refractivity contribution in [2.24, 2.45) is 5.92 Å². The van der Waals surface area contributed by atoms with E-state index in [0.29, 0.717) is 25.4 Å². The number of aromatic nitrogens is 1. The number of imide groups is 1. The van der Waals surface area contributed by atoms with Gasteiger partial charge in [-0.3, -0.25) is 19.3 Å². The summed E-state index contributed by atoms with van der Waals surface area (Å²) in [5.41, 5.74) is 3.68. The first-order valence-electron chi connectivity index (χ1n) is 11.7. The molecule has 0 bridgehead atoms. The lowest BCUT2D eigenvalue weighted by molar-refractivity contribution is -0.150. The summed E-state index contributed by atoms with van der Waals surface area (Å²) in [7, 11) is 0. The number of hydrogen-bond acceptors (Lipinski definition) is 7. The summed E-state index contributed by atoms with van der Waals surface area (Å²) in [4.78, 5) is 46.3. The Morgan fingerprint density at radius 3 is 2.74 bits per heavy atom. The van der Waals surface area contributed by atoms with Crippen LogP contribution < -0.4 is 4.90 Å². The van der Waals surface area contributed by atoms with E-state index in [9.17, 15) is 14.4 Å². The third-order valence-corrected chi connectivity index (χ3v) is 7.62. The Morgan fingerprint density at radius 2 is 1.97 bits per heavy atom. The number of likely N-dealkylation sites (tertiary alicyclic amines) is 1. The number of rotatable bonds is 5. The number of thiazole rings is 1. The zero-order valence-electron chi connectivity index (χ0n) is 19.3. The molecule has 3 heterocycles. The van der Waals surface area contributed by atoms with Gasteiger partial charge in [0.05, 0.1) is 40.9 Å². The first-order chi connectivity index (χ1) is 16.4. The molecule has 2 fully saturated rings. The summed E-state index contributed by atoms with van der Waals surface area (Å²) in [5.74, 6) is -0.904. The van der Waals surface area contributed by atoms with E-state index < -0.39 is 6.04 Å². The van der Waals surface area contributed by atoms with Gasteiger partial charge < -0.3 is 4.74 Å². The molecule has 0 N–H and O–H groups in total. The number of piperidine rings is 1. The van der Waals surface area contributed by atoms with E-state index in [4.69, 9.17) is 9.72 Å². The monoisotopic (exact) mass is 477 g/mol. The smallest absolute Gasteiger partial charge is 0.310 e. The summed E-state index contributed by atoms with van der Waals surface area (Å²) in [5, 5.41) is 0.905. The minimum absolute atomic E-state index is 0.132. The van der Waals surface area contributed by atoms with Crippen LogP contribution in [0.4, 0.5) is 5.69 Å². The summed E-state index contributed by atoms with van der Waals surface area (Å²) >= 11 is 1.63. The van der Waals surface area contributed by atoms with Gasteiger partial charge in [-0.05, 0) is 75.2 Å². The molecule has 7 nitrogen and oxygen atoms in total. The molecule has 0 spiro atoms. The molecule has 0 saturated carbocycles. The van der Waals surface area contributed by atoms with E-state index in [2.05, 4.69) is 13.0 Å².